The van der Waals surface area contributed by atoms with E-state index in [2.05, 4.69) is 15.8 Å². The zero-order valence-corrected chi connectivity index (χ0v) is 37.7. The third-order valence-corrected chi connectivity index (χ3v) is 8.70. The van der Waals surface area contributed by atoms with Crippen molar-refractivity contribution in [1.29, 1.82) is 0 Å². The Kier molecular flexibility index (Phi) is 36.9. The van der Waals surface area contributed by atoms with Crippen molar-refractivity contribution in [3.8, 4) is 0 Å². The van der Waals surface area contributed by atoms with E-state index in [0.29, 0.717) is 158 Å². The molecule has 0 spiro atoms. The van der Waals surface area contributed by atoms with Crippen molar-refractivity contribution in [1.82, 2.24) is 15.6 Å². The van der Waals surface area contributed by atoms with Crippen LogP contribution >= 0.6 is 0 Å². The summed E-state index contributed by atoms with van der Waals surface area (Å²) in [5, 5.41) is 6.85. The van der Waals surface area contributed by atoms with Crippen LogP contribution < -0.4 is 10.7 Å². The summed E-state index contributed by atoms with van der Waals surface area (Å²) >= 11 is 0. The first kappa shape index (κ1) is 56.4. The lowest BCUT2D eigenvalue weighted by molar-refractivity contribution is -0.137. The van der Waals surface area contributed by atoms with Crippen molar-refractivity contribution in [2.45, 2.75) is 32.1 Å². The molecule has 0 bridgehead atoms. The molecule has 64 heavy (non-hydrogen) atoms. The molecule has 20 nitrogen and oxygen atoms in total. The van der Waals surface area contributed by atoms with Gasteiger partial charge in [-0.1, -0.05) is 30.3 Å². The largest absolute Gasteiger partial charge is 0.382 e. The van der Waals surface area contributed by atoms with Gasteiger partial charge in [0, 0.05) is 38.8 Å². The second-order valence-electron chi connectivity index (χ2n) is 13.7. The zero-order valence-electron chi connectivity index (χ0n) is 37.7. The molecule has 0 unspecified atom stereocenters. The number of ether oxygens (including phenoxy) is 12. The van der Waals surface area contributed by atoms with Crippen LogP contribution in [0, 0.1) is 0 Å². The van der Waals surface area contributed by atoms with Crippen molar-refractivity contribution in [2.24, 2.45) is 5.10 Å². The highest BCUT2D eigenvalue weighted by molar-refractivity contribution is 6.38. The molecular formula is C44H72N4O16. The molecule has 0 radical (unpaired) electrons. The molecule has 1 aromatic rings. The maximum Gasteiger partial charge on any atom is 0.267 e. The Morgan fingerprint density at radius 1 is 0.516 bits per heavy atom. The monoisotopic (exact) mass is 912 g/mol. The molecule has 0 fully saturated rings. The molecule has 1 aliphatic rings. The van der Waals surface area contributed by atoms with Gasteiger partial charge in [-0.3, -0.25) is 24.1 Å². The Hall–Kier alpha value is -3.77. The summed E-state index contributed by atoms with van der Waals surface area (Å²) in [6.45, 7) is 10.8. The molecular weight excluding hydrogens is 840 g/mol. The summed E-state index contributed by atoms with van der Waals surface area (Å²) in [6, 6.07) is 10.0. The quantitative estimate of drug-likeness (QED) is 0.0406. The van der Waals surface area contributed by atoms with E-state index in [4.69, 9.17) is 56.8 Å². The summed E-state index contributed by atoms with van der Waals surface area (Å²) in [5.41, 5.74) is 3.76. The minimum atomic E-state index is -0.518. The summed E-state index contributed by atoms with van der Waals surface area (Å²) in [7, 11) is 1.64. The Labute approximate surface area is 377 Å². The smallest absolute Gasteiger partial charge is 0.267 e. The molecule has 1 aliphatic heterocycles. The maximum atomic E-state index is 12.9. The lowest BCUT2D eigenvalue weighted by Crippen LogP contribution is -2.36. The number of imide groups is 1. The number of carbonyl (C=O) groups is 4. The fourth-order valence-electron chi connectivity index (χ4n) is 5.32. The van der Waals surface area contributed by atoms with Gasteiger partial charge in [-0.25, -0.2) is 5.43 Å². The molecule has 2 rings (SSSR count). The summed E-state index contributed by atoms with van der Waals surface area (Å²) in [5.74, 6) is -1.87. The number of carbonyl (C=O) groups excluding carboxylic acids is 4. The highest BCUT2D eigenvalue weighted by Crippen LogP contribution is 2.08. The highest BCUT2D eigenvalue weighted by Gasteiger charge is 2.23. The van der Waals surface area contributed by atoms with Crippen molar-refractivity contribution < 1.29 is 76.0 Å². The number of amides is 4. The van der Waals surface area contributed by atoms with Crippen molar-refractivity contribution in [3.05, 3.63) is 48.0 Å². The molecule has 20 heteroatoms. The number of unbranched alkanes of at least 4 members (excludes halogenated alkanes) is 1. The number of hydrogen-bond donors (Lipinski definition) is 2. The first-order valence-corrected chi connectivity index (χ1v) is 22.1. The van der Waals surface area contributed by atoms with Gasteiger partial charge in [-0.15, -0.1) is 0 Å². The predicted octanol–water partition coefficient (Wildman–Crippen LogP) is 1.13. The van der Waals surface area contributed by atoms with Gasteiger partial charge in [0.1, 0.15) is 5.71 Å². The van der Waals surface area contributed by atoms with E-state index in [0.717, 1.165) is 29.9 Å². The Morgan fingerprint density at radius 3 is 1.31 bits per heavy atom. The minimum absolute atomic E-state index is 0.0784. The van der Waals surface area contributed by atoms with E-state index in [-0.39, 0.29) is 31.8 Å². The van der Waals surface area contributed by atoms with Crippen LogP contribution in [0.15, 0.2) is 47.6 Å². The fraction of sp³-hybridized carbons (Fsp3) is 0.705. The molecule has 2 N–H and O–H groups in total. The van der Waals surface area contributed by atoms with Crippen LogP contribution in [0.25, 0.3) is 0 Å². The van der Waals surface area contributed by atoms with Crippen LogP contribution in [-0.2, 0) is 82.4 Å². The zero-order chi connectivity index (χ0) is 45.8. The van der Waals surface area contributed by atoms with Crippen LogP contribution in [0.1, 0.15) is 31.2 Å². The summed E-state index contributed by atoms with van der Waals surface area (Å²) in [6.07, 6.45) is 4.87. The van der Waals surface area contributed by atoms with E-state index in [1.807, 2.05) is 30.3 Å². The summed E-state index contributed by atoms with van der Waals surface area (Å²) < 4.78 is 65.1. The predicted molar refractivity (Wildman–Crippen MR) is 234 cm³/mol. The van der Waals surface area contributed by atoms with Gasteiger partial charge >= 0.3 is 0 Å². The molecule has 0 atom stereocenters. The van der Waals surface area contributed by atoms with E-state index in [1.54, 1.807) is 7.11 Å². The fourth-order valence-corrected chi connectivity index (χ4v) is 5.32. The Bertz CT molecular complexity index is 1370. The first-order valence-electron chi connectivity index (χ1n) is 22.1. The minimum Gasteiger partial charge on any atom is -0.382 e. The second kappa shape index (κ2) is 41.9. The number of methoxy groups -OCH3 is 1. The van der Waals surface area contributed by atoms with E-state index >= 15 is 0 Å². The summed E-state index contributed by atoms with van der Waals surface area (Å²) in [4.78, 5) is 49.8. The van der Waals surface area contributed by atoms with Gasteiger partial charge in [0.25, 0.3) is 17.7 Å². The average Bonchev–Trinajstić information content (AvgIpc) is 3.63. The van der Waals surface area contributed by atoms with E-state index < -0.39 is 23.6 Å². The van der Waals surface area contributed by atoms with Gasteiger partial charge in [0.05, 0.1) is 152 Å². The maximum absolute atomic E-state index is 12.9. The van der Waals surface area contributed by atoms with Crippen LogP contribution in [0.4, 0.5) is 0 Å². The number of rotatable bonds is 46. The molecule has 0 aliphatic carbocycles. The Balaban J connectivity index is 1.33. The van der Waals surface area contributed by atoms with E-state index in [9.17, 15) is 19.2 Å². The van der Waals surface area contributed by atoms with Crippen LogP contribution in [-0.4, -0.2) is 206 Å². The third-order valence-electron chi connectivity index (χ3n) is 8.70. The van der Waals surface area contributed by atoms with Gasteiger partial charge < -0.3 is 62.2 Å². The topological polar surface area (TPSA) is 219 Å². The van der Waals surface area contributed by atoms with E-state index in [1.165, 1.54) is 5.56 Å². The van der Waals surface area contributed by atoms with Crippen LogP contribution in [0.3, 0.4) is 0 Å². The van der Waals surface area contributed by atoms with Crippen LogP contribution in [0.5, 0.6) is 0 Å². The molecule has 4 amide bonds. The molecule has 1 aromatic carbocycles. The van der Waals surface area contributed by atoms with Gasteiger partial charge in [-0.05, 0) is 31.2 Å². The first-order chi connectivity index (χ1) is 31.5. The molecule has 0 saturated carbocycles. The number of hydrazone groups is 1. The van der Waals surface area contributed by atoms with Gasteiger partial charge in [-0.2, -0.15) is 5.10 Å². The highest BCUT2D eigenvalue weighted by atomic mass is 16.6. The third kappa shape index (κ3) is 32.8. The molecule has 364 valence electrons. The molecule has 0 aromatic heterocycles. The molecule has 0 saturated heterocycles. The number of benzene rings is 1. The average molecular weight is 913 g/mol. The van der Waals surface area contributed by atoms with Gasteiger partial charge in [0.15, 0.2) is 0 Å². The van der Waals surface area contributed by atoms with Crippen molar-refractivity contribution in [2.75, 3.05) is 172 Å². The van der Waals surface area contributed by atoms with Crippen molar-refractivity contribution >= 4 is 29.3 Å². The number of aryl methyl sites for hydroxylation is 1. The SMILES string of the molecule is COCCOCCOCCOCCOCCOCCOCCOCCOCCOCCOCCOCCNC(=O)C(CCCCc1ccccc1)=NNC(=O)CCN1C(=O)C=CC1=O. The van der Waals surface area contributed by atoms with Crippen LogP contribution in [0.2, 0.25) is 0 Å². The molecule has 1 heterocycles. The standard InChI is InChI=1S/C44H72N4O16/c1-53-17-18-55-21-22-57-25-26-59-29-30-61-33-34-63-37-38-64-36-35-62-32-31-60-28-27-58-24-23-56-20-19-54-16-14-45-44(52)40(10-6-5-9-39-7-3-2-4-8-39)46-47-41(49)13-15-48-42(50)11-12-43(48)51/h2-4,7-8,11-12H,5-6,9-10,13-38H2,1H3,(H,45,52)(H,47,49). The van der Waals surface area contributed by atoms with Gasteiger partial charge in [0.2, 0.25) is 5.91 Å². The lowest BCUT2D eigenvalue weighted by Gasteiger charge is -2.13. The number of nitrogens with one attached hydrogen (secondary N) is 2. The lowest BCUT2D eigenvalue weighted by atomic mass is 10.1. The normalized spacial score (nSPS) is 12.8. The second-order valence-corrected chi connectivity index (χ2v) is 13.7. The van der Waals surface area contributed by atoms with Crippen molar-refractivity contribution in [3.63, 3.8) is 0 Å². The number of hydrogen-bond acceptors (Lipinski definition) is 17. The Morgan fingerprint density at radius 2 is 0.906 bits per heavy atom. The number of nitrogens with zero attached hydrogens (tertiary/aromatic N) is 2.